The number of ether oxygens (including phenoxy) is 1. The van der Waals surface area contributed by atoms with Gasteiger partial charge < -0.3 is 18.9 Å². The van der Waals surface area contributed by atoms with E-state index in [0.717, 1.165) is 10.9 Å². The van der Waals surface area contributed by atoms with Crippen LogP contribution >= 0.6 is 0 Å². The van der Waals surface area contributed by atoms with Crippen molar-refractivity contribution in [2.24, 2.45) is 0 Å². The summed E-state index contributed by atoms with van der Waals surface area (Å²) in [4.78, 5) is 26.0. The Balaban J connectivity index is 1.54. The molecule has 2 aromatic heterocycles. The molecule has 7 heteroatoms. The number of anilines is 1. The van der Waals surface area contributed by atoms with Crippen LogP contribution in [0.25, 0.3) is 22.1 Å². The number of hydrogen-bond donors (Lipinski definition) is 2. The highest BCUT2D eigenvalue weighted by Crippen LogP contribution is 2.26. The van der Waals surface area contributed by atoms with Gasteiger partial charge in [-0.2, -0.15) is 0 Å². The summed E-state index contributed by atoms with van der Waals surface area (Å²) in [5.74, 6) is -0.0252. The number of oxazole rings is 1. The summed E-state index contributed by atoms with van der Waals surface area (Å²) >= 11 is 0. The molecular weight excluding hydrogens is 324 g/mol. The van der Waals surface area contributed by atoms with Crippen molar-refractivity contribution in [2.75, 3.05) is 12.4 Å². The molecule has 0 radical (unpaired) electrons. The van der Waals surface area contributed by atoms with Crippen LogP contribution in [0.1, 0.15) is 5.56 Å². The highest BCUT2D eigenvalue weighted by molar-refractivity contribution is 5.96. The molecule has 0 aliphatic rings. The predicted octanol–water partition coefficient (Wildman–Crippen LogP) is 3.06. The quantitative estimate of drug-likeness (QED) is 0.596. The van der Waals surface area contributed by atoms with Gasteiger partial charge >= 0.3 is 5.76 Å². The van der Waals surface area contributed by atoms with Gasteiger partial charge in [0, 0.05) is 22.7 Å². The van der Waals surface area contributed by atoms with E-state index >= 15 is 0 Å². The molecule has 2 heterocycles. The van der Waals surface area contributed by atoms with Crippen molar-refractivity contribution in [3.8, 4) is 5.75 Å². The molecule has 2 N–H and O–H groups in total. The van der Waals surface area contributed by atoms with Crippen LogP contribution in [0.15, 0.2) is 56.3 Å². The van der Waals surface area contributed by atoms with Crippen molar-refractivity contribution in [3.63, 3.8) is 0 Å². The maximum atomic E-state index is 12.3. The van der Waals surface area contributed by atoms with E-state index in [-0.39, 0.29) is 12.3 Å². The van der Waals surface area contributed by atoms with E-state index in [1.807, 2.05) is 12.1 Å². The van der Waals surface area contributed by atoms with Crippen molar-refractivity contribution in [3.05, 3.63) is 58.8 Å². The average molecular weight is 338 g/mol. The lowest BCUT2D eigenvalue weighted by Gasteiger charge is -2.04. The Morgan fingerprint density at radius 1 is 1.20 bits per heavy atom. The molecule has 1 amide bonds. The zero-order valence-corrected chi connectivity index (χ0v) is 13.3. The molecule has 0 aliphatic heterocycles. The van der Waals surface area contributed by atoms with Crippen LogP contribution in [-0.2, 0) is 11.2 Å². The third-order valence-corrected chi connectivity index (χ3v) is 3.92. The van der Waals surface area contributed by atoms with E-state index < -0.39 is 5.76 Å². The molecule has 2 aromatic carbocycles. The number of nitrogens with one attached hydrogen (secondary N) is 2. The number of hydrogen-bond acceptors (Lipinski definition) is 5. The van der Waals surface area contributed by atoms with Gasteiger partial charge in [0.2, 0.25) is 5.91 Å². The van der Waals surface area contributed by atoms with Gasteiger partial charge in [-0.25, -0.2) is 4.79 Å². The summed E-state index contributed by atoms with van der Waals surface area (Å²) in [6.45, 7) is 0. The van der Waals surface area contributed by atoms with Crippen LogP contribution in [0.5, 0.6) is 5.75 Å². The molecule has 0 saturated carbocycles. The number of methoxy groups -OCH3 is 1. The number of carbonyl (C=O) groups excluding carboxylic acids is 1. The first-order valence-electron chi connectivity index (χ1n) is 7.59. The van der Waals surface area contributed by atoms with E-state index in [9.17, 15) is 9.59 Å². The van der Waals surface area contributed by atoms with Gasteiger partial charge in [-0.05, 0) is 30.3 Å². The third kappa shape index (κ3) is 2.87. The summed E-state index contributed by atoms with van der Waals surface area (Å²) in [6.07, 6.45) is 1.74. The second-order valence-electron chi connectivity index (χ2n) is 5.57. The van der Waals surface area contributed by atoms with Gasteiger partial charge in [0.25, 0.3) is 0 Å². The third-order valence-electron chi connectivity index (χ3n) is 3.92. The predicted molar refractivity (Wildman–Crippen MR) is 91.9 cm³/mol. The Kier molecular flexibility index (Phi) is 3.53. The van der Waals surface area contributed by atoms with Gasteiger partial charge in [-0.1, -0.05) is 0 Å². The lowest BCUT2D eigenvalue weighted by atomic mass is 10.1. The monoisotopic (exact) mass is 338 g/mol. The molecule has 0 saturated heterocycles. The molecule has 0 fully saturated rings. The number of aromatic amines is 1. The Bertz CT molecular complexity index is 1140. The molecule has 7 nitrogen and oxygen atoms in total. The fourth-order valence-electron chi connectivity index (χ4n) is 2.74. The lowest BCUT2D eigenvalue weighted by molar-refractivity contribution is -0.115. The largest absolute Gasteiger partial charge is 0.497 e. The number of aromatic nitrogens is 1. The average Bonchev–Trinajstić information content (AvgIpc) is 3.16. The molecule has 0 atom stereocenters. The molecule has 25 heavy (non-hydrogen) atoms. The van der Waals surface area contributed by atoms with Crippen LogP contribution in [0.2, 0.25) is 0 Å². The zero-order valence-electron chi connectivity index (χ0n) is 13.3. The number of H-pyrrole nitrogens is 1. The molecular formula is C18H14N2O5. The number of fused-ring (bicyclic) bond motifs is 2. The summed E-state index contributed by atoms with van der Waals surface area (Å²) in [5.41, 5.74) is 3.00. The minimum atomic E-state index is -0.529. The summed E-state index contributed by atoms with van der Waals surface area (Å²) in [7, 11) is 1.59. The Hall–Kier alpha value is -3.48. The fourth-order valence-corrected chi connectivity index (χ4v) is 2.74. The molecule has 0 bridgehead atoms. The van der Waals surface area contributed by atoms with E-state index in [1.165, 1.54) is 0 Å². The standard InChI is InChI=1S/C18H14N2O5/c1-23-12-3-4-13-10(9-24-16(13)8-12)6-17(21)19-11-2-5-15-14(7-11)20-18(22)25-15/h2-5,7-9H,6H2,1H3,(H,19,21)(H,20,22). The lowest BCUT2D eigenvalue weighted by Crippen LogP contribution is -2.14. The number of benzene rings is 2. The molecule has 0 aliphatic carbocycles. The maximum Gasteiger partial charge on any atom is 0.417 e. The van der Waals surface area contributed by atoms with Gasteiger partial charge in [0.15, 0.2) is 5.58 Å². The smallest absolute Gasteiger partial charge is 0.417 e. The van der Waals surface area contributed by atoms with Crippen LogP contribution in [0.4, 0.5) is 5.69 Å². The van der Waals surface area contributed by atoms with Crippen molar-refractivity contribution in [1.29, 1.82) is 0 Å². The van der Waals surface area contributed by atoms with E-state index in [2.05, 4.69) is 10.3 Å². The highest BCUT2D eigenvalue weighted by Gasteiger charge is 2.12. The van der Waals surface area contributed by atoms with Gasteiger partial charge in [0.05, 0.1) is 25.3 Å². The second kappa shape index (κ2) is 5.86. The first-order valence-corrected chi connectivity index (χ1v) is 7.59. The van der Waals surface area contributed by atoms with Crippen molar-refractivity contribution >= 4 is 33.7 Å². The Labute approximate surface area is 141 Å². The Morgan fingerprint density at radius 2 is 2.08 bits per heavy atom. The van der Waals surface area contributed by atoms with Crippen molar-refractivity contribution in [2.45, 2.75) is 6.42 Å². The Morgan fingerprint density at radius 3 is 2.92 bits per heavy atom. The molecule has 4 rings (SSSR count). The van der Waals surface area contributed by atoms with E-state index in [4.69, 9.17) is 13.6 Å². The number of rotatable bonds is 4. The van der Waals surface area contributed by atoms with Crippen LogP contribution in [-0.4, -0.2) is 18.0 Å². The minimum absolute atomic E-state index is 0.166. The highest BCUT2D eigenvalue weighted by atomic mass is 16.5. The second-order valence-corrected chi connectivity index (χ2v) is 5.57. The summed E-state index contributed by atoms with van der Waals surface area (Å²) < 4.78 is 15.6. The van der Waals surface area contributed by atoms with Gasteiger partial charge in [0.1, 0.15) is 11.3 Å². The molecule has 126 valence electrons. The normalized spacial score (nSPS) is 11.1. The zero-order chi connectivity index (χ0) is 17.4. The number of amides is 1. The summed E-state index contributed by atoms with van der Waals surface area (Å²) in [6, 6.07) is 10.4. The van der Waals surface area contributed by atoms with Crippen LogP contribution < -0.4 is 15.8 Å². The van der Waals surface area contributed by atoms with E-state index in [0.29, 0.717) is 28.1 Å². The van der Waals surface area contributed by atoms with Gasteiger partial charge in [-0.3, -0.25) is 9.78 Å². The maximum absolute atomic E-state index is 12.3. The van der Waals surface area contributed by atoms with E-state index in [1.54, 1.807) is 37.6 Å². The molecule has 0 unspecified atom stereocenters. The number of furan rings is 1. The first kappa shape index (κ1) is 15.1. The first-order chi connectivity index (χ1) is 12.1. The van der Waals surface area contributed by atoms with Crippen LogP contribution in [0.3, 0.4) is 0 Å². The van der Waals surface area contributed by atoms with Crippen molar-refractivity contribution in [1.82, 2.24) is 4.98 Å². The van der Waals surface area contributed by atoms with Gasteiger partial charge in [-0.15, -0.1) is 0 Å². The minimum Gasteiger partial charge on any atom is -0.497 e. The topological polar surface area (TPSA) is 97.5 Å². The fraction of sp³-hybridized carbons (Fsp3) is 0.111. The number of carbonyl (C=O) groups is 1. The van der Waals surface area contributed by atoms with Crippen molar-refractivity contribution < 1.29 is 18.4 Å². The molecule has 4 aromatic rings. The SMILES string of the molecule is COc1ccc2c(CC(=O)Nc3ccc4oc(=O)[nH]c4c3)coc2c1. The molecule has 0 spiro atoms. The van der Waals surface area contributed by atoms with Crippen LogP contribution in [0, 0.1) is 0 Å². The summed E-state index contributed by atoms with van der Waals surface area (Å²) in [5, 5.41) is 3.67.